The van der Waals surface area contributed by atoms with Gasteiger partial charge >= 0.3 is 0 Å². The predicted octanol–water partition coefficient (Wildman–Crippen LogP) is 2.45. The second-order valence-electron chi connectivity index (χ2n) is 9.57. The van der Waals surface area contributed by atoms with Crippen LogP contribution in [0.25, 0.3) is 0 Å². The van der Waals surface area contributed by atoms with E-state index in [2.05, 4.69) is 27.0 Å². The molecule has 166 valence electrons. The topological polar surface area (TPSA) is 98.0 Å². The van der Waals surface area contributed by atoms with E-state index in [0.717, 1.165) is 55.4 Å². The number of aromatic amines is 2. The molecule has 0 aromatic carbocycles. The fourth-order valence-corrected chi connectivity index (χ4v) is 5.51. The minimum absolute atomic E-state index is 0.00546. The lowest BCUT2D eigenvalue weighted by atomic mass is 9.86. The third-order valence-corrected chi connectivity index (χ3v) is 7.44. The Bertz CT molecular complexity index is 976. The molecule has 2 fully saturated rings. The lowest BCUT2D eigenvalue weighted by Gasteiger charge is -2.38. The summed E-state index contributed by atoms with van der Waals surface area (Å²) in [5, 5.41) is 6.64. The third kappa shape index (κ3) is 4.18. The molecule has 5 rings (SSSR count). The zero-order valence-corrected chi connectivity index (χ0v) is 18.3. The van der Waals surface area contributed by atoms with Crippen molar-refractivity contribution in [1.29, 1.82) is 0 Å². The molecule has 1 aliphatic carbocycles. The molecule has 1 saturated heterocycles. The van der Waals surface area contributed by atoms with Gasteiger partial charge in [-0.1, -0.05) is 6.92 Å². The fraction of sp³-hybridized carbons (Fsp3) is 0.652. The van der Waals surface area contributed by atoms with E-state index >= 15 is 0 Å². The molecule has 1 saturated carbocycles. The average Bonchev–Trinajstić information content (AvgIpc) is 3.34. The zero-order valence-electron chi connectivity index (χ0n) is 18.3. The minimum atomic E-state index is -0.0417. The fourth-order valence-electron chi connectivity index (χ4n) is 5.51. The molecular weight excluding hydrogens is 392 g/mol. The monoisotopic (exact) mass is 424 g/mol. The van der Waals surface area contributed by atoms with Crippen LogP contribution in [0.2, 0.25) is 0 Å². The number of carbonyl (C=O) groups is 1. The summed E-state index contributed by atoms with van der Waals surface area (Å²) < 4.78 is 0. The number of piperidine rings is 1. The average molecular weight is 425 g/mol. The zero-order chi connectivity index (χ0) is 21.4. The first-order valence-electron chi connectivity index (χ1n) is 11.7. The number of nitrogens with zero attached hydrogens (tertiary/aromatic N) is 4. The van der Waals surface area contributed by atoms with Crippen molar-refractivity contribution in [3.63, 3.8) is 0 Å². The van der Waals surface area contributed by atoms with E-state index in [1.165, 1.54) is 25.7 Å². The van der Waals surface area contributed by atoms with E-state index in [4.69, 9.17) is 4.98 Å². The number of amides is 1. The lowest BCUT2D eigenvalue weighted by molar-refractivity contribution is 0.0698. The smallest absolute Gasteiger partial charge is 0.271 e. The van der Waals surface area contributed by atoms with Crippen molar-refractivity contribution in [2.24, 2.45) is 5.92 Å². The van der Waals surface area contributed by atoms with Crippen molar-refractivity contribution < 1.29 is 4.79 Å². The first-order valence-corrected chi connectivity index (χ1v) is 11.7. The molecular formula is C23H32N6O2. The molecule has 0 unspecified atom stereocenters. The SMILES string of the molecule is CC1CCC(N2CCc3nc([C@H]4CCCN(C(=O)c5ccn[nH]5)C4)[nH]c(=O)c3C2)CC1. The van der Waals surface area contributed by atoms with Crippen molar-refractivity contribution in [2.45, 2.75) is 70.4 Å². The van der Waals surface area contributed by atoms with Crippen molar-refractivity contribution >= 4 is 5.91 Å². The summed E-state index contributed by atoms with van der Waals surface area (Å²) in [5.74, 6) is 1.60. The number of nitrogens with one attached hydrogen (secondary N) is 2. The first-order chi connectivity index (χ1) is 15.1. The van der Waals surface area contributed by atoms with Gasteiger partial charge < -0.3 is 9.88 Å². The van der Waals surface area contributed by atoms with Crippen molar-refractivity contribution in [3.05, 3.63) is 45.4 Å². The van der Waals surface area contributed by atoms with Gasteiger partial charge in [0.25, 0.3) is 11.5 Å². The molecule has 3 aliphatic rings. The van der Waals surface area contributed by atoms with Gasteiger partial charge in [0, 0.05) is 50.8 Å². The van der Waals surface area contributed by atoms with E-state index in [0.29, 0.717) is 24.8 Å². The lowest BCUT2D eigenvalue weighted by Crippen LogP contribution is -2.44. The van der Waals surface area contributed by atoms with Crippen LogP contribution >= 0.6 is 0 Å². The Kier molecular flexibility index (Phi) is 5.65. The molecule has 8 nitrogen and oxygen atoms in total. The second-order valence-corrected chi connectivity index (χ2v) is 9.57. The van der Waals surface area contributed by atoms with Crippen LogP contribution in [0, 0.1) is 5.92 Å². The molecule has 0 radical (unpaired) electrons. The van der Waals surface area contributed by atoms with Gasteiger partial charge in [-0.05, 0) is 50.5 Å². The molecule has 2 aliphatic heterocycles. The van der Waals surface area contributed by atoms with Gasteiger partial charge in [-0.3, -0.25) is 19.6 Å². The molecule has 0 bridgehead atoms. The van der Waals surface area contributed by atoms with Crippen LogP contribution in [0.3, 0.4) is 0 Å². The van der Waals surface area contributed by atoms with Crippen molar-refractivity contribution in [3.8, 4) is 0 Å². The van der Waals surface area contributed by atoms with Gasteiger partial charge in [0.2, 0.25) is 0 Å². The Labute approximate surface area is 182 Å². The molecule has 2 N–H and O–H groups in total. The molecule has 1 amide bonds. The van der Waals surface area contributed by atoms with Gasteiger partial charge in [-0.15, -0.1) is 0 Å². The summed E-state index contributed by atoms with van der Waals surface area (Å²) in [6.45, 7) is 5.33. The number of carbonyl (C=O) groups excluding carboxylic acids is 1. The van der Waals surface area contributed by atoms with Crippen LogP contribution in [0.15, 0.2) is 17.1 Å². The molecule has 0 spiro atoms. The Morgan fingerprint density at radius 2 is 2.00 bits per heavy atom. The number of fused-ring (bicyclic) bond motifs is 1. The van der Waals surface area contributed by atoms with Crippen LogP contribution < -0.4 is 5.56 Å². The summed E-state index contributed by atoms with van der Waals surface area (Å²) in [6.07, 6.45) is 9.31. The van der Waals surface area contributed by atoms with Crippen molar-refractivity contribution in [2.75, 3.05) is 19.6 Å². The quantitative estimate of drug-likeness (QED) is 0.789. The summed E-state index contributed by atoms with van der Waals surface area (Å²) >= 11 is 0. The molecule has 1 atom stereocenters. The molecule has 31 heavy (non-hydrogen) atoms. The van der Waals surface area contributed by atoms with E-state index in [9.17, 15) is 9.59 Å². The van der Waals surface area contributed by atoms with Gasteiger partial charge in [-0.25, -0.2) is 4.98 Å². The Morgan fingerprint density at radius 1 is 1.16 bits per heavy atom. The highest BCUT2D eigenvalue weighted by Gasteiger charge is 2.31. The van der Waals surface area contributed by atoms with Crippen molar-refractivity contribution in [1.82, 2.24) is 30.0 Å². The largest absolute Gasteiger partial charge is 0.337 e. The van der Waals surface area contributed by atoms with Crippen LogP contribution in [0.1, 0.15) is 78.9 Å². The second kappa shape index (κ2) is 8.57. The van der Waals surface area contributed by atoms with E-state index in [1.54, 1.807) is 12.3 Å². The van der Waals surface area contributed by atoms with Gasteiger partial charge in [0.05, 0.1) is 11.3 Å². The molecule has 8 heteroatoms. The Hall–Kier alpha value is -2.48. The highest BCUT2D eigenvalue weighted by molar-refractivity contribution is 5.92. The van der Waals surface area contributed by atoms with Gasteiger partial charge in [-0.2, -0.15) is 5.10 Å². The summed E-state index contributed by atoms with van der Waals surface area (Å²) in [5.41, 5.74) is 2.31. The Morgan fingerprint density at radius 3 is 2.77 bits per heavy atom. The number of hydrogen-bond acceptors (Lipinski definition) is 5. The van der Waals surface area contributed by atoms with E-state index in [-0.39, 0.29) is 17.4 Å². The Balaban J connectivity index is 1.30. The standard InChI is InChI=1S/C23H32N6O2/c1-15-4-6-17(7-5-15)28-12-9-19-18(14-28)22(30)26-21(25-19)16-3-2-11-29(13-16)23(31)20-8-10-24-27-20/h8,10,15-17H,2-7,9,11-14H2,1H3,(H,24,27)(H,25,26,30)/t15?,16-,17?/m0/s1. The number of hydrogen-bond donors (Lipinski definition) is 2. The number of rotatable bonds is 3. The van der Waals surface area contributed by atoms with Gasteiger partial charge in [0.1, 0.15) is 11.5 Å². The van der Waals surface area contributed by atoms with E-state index in [1.807, 2.05) is 4.90 Å². The van der Waals surface area contributed by atoms with Crippen LogP contribution in [0.4, 0.5) is 0 Å². The van der Waals surface area contributed by atoms with E-state index < -0.39 is 0 Å². The minimum Gasteiger partial charge on any atom is -0.337 e. The maximum atomic E-state index is 13.0. The van der Waals surface area contributed by atoms with Crippen LogP contribution in [-0.2, 0) is 13.0 Å². The third-order valence-electron chi connectivity index (χ3n) is 7.44. The summed E-state index contributed by atoms with van der Waals surface area (Å²) in [6, 6.07) is 2.30. The maximum absolute atomic E-state index is 13.0. The normalized spacial score (nSPS) is 27.1. The highest BCUT2D eigenvalue weighted by atomic mass is 16.2. The molecule has 2 aromatic rings. The number of H-pyrrole nitrogens is 2. The van der Waals surface area contributed by atoms with Gasteiger partial charge in [0.15, 0.2) is 0 Å². The summed E-state index contributed by atoms with van der Waals surface area (Å²) in [4.78, 5) is 38.0. The van der Waals surface area contributed by atoms with Crippen LogP contribution in [-0.4, -0.2) is 61.5 Å². The predicted molar refractivity (Wildman–Crippen MR) is 117 cm³/mol. The molecule has 4 heterocycles. The number of aromatic nitrogens is 4. The highest BCUT2D eigenvalue weighted by Crippen LogP contribution is 2.30. The first kappa shape index (κ1) is 20.4. The van der Waals surface area contributed by atoms with Crippen LogP contribution in [0.5, 0.6) is 0 Å². The maximum Gasteiger partial charge on any atom is 0.271 e. The molecule has 2 aromatic heterocycles. The number of likely N-dealkylation sites (tertiary alicyclic amines) is 1. The summed E-state index contributed by atoms with van der Waals surface area (Å²) in [7, 11) is 0.